The zero-order valence-electron chi connectivity index (χ0n) is 13.3. The molecule has 6 heteroatoms. The van der Waals surface area contributed by atoms with Gasteiger partial charge in [-0.3, -0.25) is 14.3 Å². The first-order valence-corrected chi connectivity index (χ1v) is 7.60. The summed E-state index contributed by atoms with van der Waals surface area (Å²) in [6.45, 7) is 0.536. The molecule has 23 heavy (non-hydrogen) atoms. The van der Waals surface area contributed by atoms with Crippen molar-refractivity contribution in [1.82, 2.24) is 19.6 Å². The summed E-state index contributed by atoms with van der Waals surface area (Å²) in [7, 11) is 3.52. The van der Waals surface area contributed by atoms with Crippen LogP contribution in [0, 0.1) is 0 Å². The summed E-state index contributed by atoms with van der Waals surface area (Å²) in [5.74, 6) is -0.0470. The smallest absolute Gasteiger partial charge is 0.245 e. The van der Waals surface area contributed by atoms with Gasteiger partial charge in [-0.15, -0.1) is 0 Å². The lowest BCUT2D eigenvalue weighted by molar-refractivity contribution is -0.155. The number of piperazine rings is 1. The third-order valence-corrected chi connectivity index (χ3v) is 4.11. The molecule has 1 saturated heterocycles. The lowest BCUT2D eigenvalue weighted by Gasteiger charge is -2.38. The van der Waals surface area contributed by atoms with Crippen molar-refractivity contribution in [3.05, 3.63) is 53.9 Å². The van der Waals surface area contributed by atoms with E-state index in [1.807, 2.05) is 43.6 Å². The Morgan fingerprint density at radius 2 is 1.87 bits per heavy atom. The second-order valence-electron chi connectivity index (χ2n) is 5.94. The molecule has 1 aliphatic rings. The Bertz CT molecular complexity index is 710. The molecule has 0 aliphatic carbocycles. The van der Waals surface area contributed by atoms with Crippen LogP contribution in [0.3, 0.4) is 0 Å². The minimum Gasteiger partial charge on any atom is -0.335 e. The Labute approximate surface area is 135 Å². The van der Waals surface area contributed by atoms with Gasteiger partial charge in [0.1, 0.15) is 6.04 Å². The van der Waals surface area contributed by atoms with Crippen LogP contribution in [0.4, 0.5) is 0 Å². The summed E-state index contributed by atoms with van der Waals surface area (Å²) < 4.78 is 1.70. The normalized spacial score (nSPS) is 18.6. The molecule has 1 aromatic carbocycles. The summed E-state index contributed by atoms with van der Waals surface area (Å²) in [6.07, 6.45) is 4.13. The molecule has 2 aromatic rings. The second-order valence-corrected chi connectivity index (χ2v) is 5.94. The fourth-order valence-corrected chi connectivity index (χ4v) is 2.92. The fraction of sp³-hybridized carbons (Fsp3) is 0.353. The van der Waals surface area contributed by atoms with E-state index in [0.717, 1.165) is 11.1 Å². The molecule has 0 unspecified atom stereocenters. The number of likely N-dealkylation sites (N-methyl/N-ethyl adjacent to an activating group) is 1. The van der Waals surface area contributed by atoms with Gasteiger partial charge in [0.05, 0.1) is 12.7 Å². The minimum atomic E-state index is -0.469. The highest BCUT2D eigenvalue weighted by Gasteiger charge is 2.37. The van der Waals surface area contributed by atoms with E-state index in [9.17, 15) is 9.59 Å². The number of hydrogen-bond donors (Lipinski definition) is 0. The topological polar surface area (TPSA) is 58.4 Å². The van der Waals surface area contributed by atoms with Crippen molar-refractivity contribution in [1.29, 1.82) is 0 Å². The van der Waals surface area contributed by atoms with Crippen LogP contribution in [-0.4, -0.2) is 51.0 Å². The Hall–Kier alpha value is -2.63. The molecule has 0 saturated carbocycles. The van der Waals surface area contributed by atoms with Crippen LogP contribution in [0.25, 0.3) is 0 Å². The Morgan fingerprint density at radius 3 is 2.52 bits per heavy atom. The van der Waals surface area contributed by atoms with Crippen LogP contribution in [0.15, 0.2) is 42.7 Å². The molecule has 0 radical (unpaired) electrons. The second kappa shape index (κ2) is 6.24. The van der Waals surface area contributed by atoms with Crippen molar-refractivity contribution < 1.29 is 9.59 Å². The monoisotopic (exact) mass is 312 g/mol. The molecule has 2 heterocycles. The lowest BCUT2D eigenvalue weighted by Crippen LogP contribution is -2.59. The van der Waals surface area contributed by atoms with Gasteiger partial charge in [-0.25, -0.2) is 0 Å². The average Bonchev–Trinajstić information content (AvgIpc) is 2.95. The van der Waals surface area contributed by atoms with Gasteiger partial charge >= 0.3 is 0 Å². The zero-order chi connectivity index (χ0) is 16.4. The standard InChI is InChI=1S/C17H20N4O2/c1-19-12-16(22)21(11-14-9-18-20(2)10-14)15(17(19)23)8-13-6-4-3-5-7-13/h3-7,9-10,15H,8,11-12H2,1-2H3/t15-/m1/s1. The molecule has 1 atom stereocenters. The van der Waals surface area contributed by atoms with Crippen molar-refractivity contribution in [3.63, 3.8) is 0 Å². The SMILES string of the molecule is CN1CC(=O)N(Cc2cnn(C)c2)[C@H](Cc2ccccc2)C1=O. The highest BCUT2D eigenvalue weighted by molar-refractivity contribution is 5.94. The summed E-state index contributed by atoms with van der Waals surface area (Å²) >= 11 is 0. The van der Waals surface area contributed by atoms with E-state index in [0.29, 0.717) is 13.0 Å². The maximum atomic E-state index is 12.6. The molecule has 2 amide bonds. The van der Waals surface area contributed by atoms with E-state index in [2.05, 4.69) is 5.10 Å². The average molecular weight is 312 g/mol. The molecule has 3 rings (SSSR count). The molecule has 0 bridgehead atoms. The molecule has 1 fully saturated rings. The number of hydrogen-bond acceptors (Lipinski definition) is 3. The summed E-state index contributed by atoms with van der Waals surface area (Å²) in [5.41, 5.74) is 1.97. The number of carbonyl (C=O) groups is 2. The van der Waals surface area contributed by atoms with Crippen LogP contribution in [0.1, 0.15) is 11.1 Å². The molecule has 6 nitrogen and oxygen atoms in total. The quantitative estimate of drug-likeness (QED) is 0.840. The molecule has 1 aliphatic heterocycles. The van der Waals surface area contributed by atoms with Crippen molar-refractivity contribution in [2.75, 3.05) is 13.6 Å². The van der Waals surface area contributed by atoms with Crippen LogP contribution in [0.2, 0.25) is 0 Å². The highest BCUT2D eigenvalue weighted by atomic mass is 16.2. The molecule has 0 spiro atoms. The van der Waals surface area contributed by atoms with E-state index in [1.54, 1.807) is 22.8 Å². The minimum absolute atomic E-state index is 0.0163. The Balaban J connectivity index is 1.85. The van der Waals surface area contributed by atoms with Crippen LogP contribution in [0.5, 0.6) is 0 Å². The largest absolute Gasteiger partial charge is 0.335 e. The maximum absolute atomic E-state index is 12.6. The fourth-order valence-electron chi connectivity index (χ4n) is 2.92. The van der Waals surface area contributed by atoms with Crippen LogP contribution in [-0.2, 0) is 29.6 Å². The van der Waals surface area contributed by atoms with Gasteiger partial charge in [-0.1, -0.05) is 30.3 Å². The summed E-state index contributed by atoms with van der Waals surface area (Å²) in [6, 6.07) is 9.32. The van der Waals surface area contributed by atoms with E-state index >= 15 is 0 Å². The molecule has 1 aromatic heterocycles. The predicted octanol–water partition coefficient (Wildman–Crippen LogP) is 0.832. The number of benzene rings is 1. The van der Waals surface area contributed by atoms with Crippen LogP contribution < -0.4 is 0 Å². The number of carbonyl (C=O) groups excluding carboxylic acids is 2. The predicted molar refractivity (Wildman–Crippen MR) is 85.3 cm³/mol. The van der Waals surface area contributed by atoms with E-state index in [1.165, 1.54) is 4.90 Å². The van der Waals surface area contributed by atoms with E-state index < -0.39 is 6.04 Å². The highest BCUT2D eigenvalue weighted by Crippen LogP contribution is 2.19. The van der Waals surface area contributed by atoms with Crippen LogP contribution >= 0.6 is 0 Å². The first-order valence-electron chi connectivity index (χ1n) is 7.60. The van der Waals surface area contributed by atoms with Gasteiger partial charge in [0.25, 0.3) is 0 Å². The third kappa shape index (κ3) is 3.26. The van der Waals surface area contributed by atoms with Gasteiger partial charge in [0.2, 0.25) is 11.8 Å². The first kappa shape index (κ1) is 15.3. The number of rotatable bonds is 4. The van der Waals surface area contributed by atoms with Gasteiger partial charge in [0.15, 0.2) is 0 Å². The van der Waals surface area contributed by atoms with E-state index in [4.69, 9.17) is 0 Å². The summed E-state index contributed by atoms with van der Waals surface area (Å²) in [4.78, 5) is 28.2. The number of aromatic nitrogens is 2. The molecular weight excluding hydrogens is 292 g/mol. The molecule has 0 N–H and O–H groups in total. The van der Waals surface area contributed by atoms with Crippen molar-refractivity contribution in [2.45, 2.75) is 19.0 Å². The van der Waals surface area contributed by atoms with E-state index in [-0.39, 0.29) is 18.4 Å². The van der Waals surface area contributed by atoms with Gasteiger partial charge in [-0.2, -0.15) is 5.10 Å². The number of amides is 2. The zero-order valence-corrected chi connectivity index (χ0v) is 13.3. The van der Waals surface area contributed by atoms with Gasteiger partial charge in [0, 0.05) is 38.8 Å². The lowest BCUT2D eigenvalue weighted by atomic mass is 10.0. The third-order valence-electron chi connectivity index (χ3n) is 4.11. The number of nitrogens with zero attached hydrogens (tertiary/aromatic N) is 4. The van der Waals surface area contributed by atoms with Gasteiger partial charge < -0.3 is 9.80 Å². The summed E-state index contributed by atoms with van der Waals surface area (Å²) in [5, 5.41) is 4.13. The van der Waals surface area contributed by atoms with Crippen molar-refractivity contribution in [3.8, 4) is 0 Å². The van der Waals surface area contributed by atoms with Crippen molar-refractivity contribution >= 4 is 11.8 Å². The van der Waals surface area contributed by atoms with Gasteiger partial charge in [-0.05, 0) is 5.56 Å². The molecular formula is C17H20N4O2. The first-order chi connectivity index (χ1) is 11.0. The molecule has 120 valence electrons. The Morgan fingerprint density at radius 1 is 1.13 bits per heavy atom. The Kier molecular flexibility index (Phi) is 4.14. The maximum Gasteiger partial charge on any atom is 0.245 e. The number of aryl methyl sites for hydroxylation is 1. The van der Waals surface area contributed by atoms with Crippen molar-refractivity contribution in [2.24, 2.45) is 7.05 Å².